The normalized spacial score (nSPS) is 11.0. The number of aromatic hydroxyl groups is 2. The topological polar surface area (TPSA) is 122 Å². The molecule has 0 aliphatic carbocycles. The highest BCUT2D eigenvalue weighted by molar-refractivity contribution is 5.72. The van der Waals surface area contributed by atoms with Gasteiger partial charge in [0, 0.05) is 17.2 Å². The largest absolute Gasteiger partial charge is 0.508 e. The molecule has 0 saturated carbocycles. The van der Waals surface area contributed by atoms with E-state index in [2.05, 4.69) is 33.3 Å². The molecule has 0 radical (unpaired) electrons. The maximum absolute atomic E-state index is 14.1. The highest BCUT2D eigenvalue weighted by Crippen LogP contribution is 2.33. The first-order chi connectivity index (χ1) is 20.2. The molecule has 0 bridgehead atoms. The maximum atomic E-state index is 14.1. The van der Waals surface area contributed by atoms with Gasteiger partial charge < -0.3 is 15.3 Å². The van der Waals surface area contributed by atoms with Gasteiger partial charge in [0.25, 0.3) is 0 Å². The maximum Gasteiger partial charge on any atom is 0.137 e. The number of nitrogens with zero attached hydrogens (tertiary/aromatic N) is 6. The van der Waals surface area contributed by atoms with Crippen molar-refractivity contribution in [1.29, 1.82) is 0 Å². The van der Waals surface area contributed by atoms with Gasteiger partial charge in [-0.2, -0.15) is 10.2 Å². The Labute approximate surface area is 241 Å². The second-order valence-electron chi connectivity index (χ2n) is 9.52. The number of aliphatic hydroxyl groups is 1. The summed E-state index contributed by atoms with van der Waals surface area (Å²) in [5.41, 5.74) is 1.77. The number of halogens is 2. The predicted molar refractivity (Wildman–Crippen MR) is 153 cm³/mol. The summed E-state index contributed by atoms with van der Waals surface area (Å²) in [5, 5.41) is 38.6. The SMILES string of the molecule is C=CCc1ccc(O)c(-c2ccc(O)c(CC=C)c2)c1.OC(Cn1cncn1)(Cn1cncn1)c1ccc(F)cc1F. The van der Waals surface area contributed by atoms with E-state index in [0.717, 1.165) is 40.8 Å². The minimum absolute atomic E-state index is 0.0556. The van der Waals surface area contributed by atoms with Crippen molar-refractivity contribution >= 4 is 0 Å². The Morgan fingerprint density at radius 2 is 1.43 bits per heavy atom. The van der Waals surface area contributed by atoms with Gasteiger partial charge in [-0.15, -0.1) is 13.2 Å². The van der Waals surface area contributed by atoms with Crippen LogP contribution in [0.5, 0.6) is 11.5 Å². The molecule has 5 rings (SSSR count). The monoisotopic (exact) mass is 572 g/mol. The van der Waals surface area contributed by atoms with Gasteiger partial charge in [0.15, 0.2) is 0 Å². The van der Waals surface area contributed by atoms with Crippen LogP contribution in [0.15, 0.2) is 105 Å². The minimum Gasteiger partial charge on any atom is -0.508 e. The second kappa shape index (κ2) is 13.5. The Kier molecular flexibility index (Phi) is 9.56. The number of benzene rings is 3. The van der Waals surface area contributed by atoms with Crippen LogP contribution < -0.4 is 0 Å². The first kappa shape index (κ1) is 29.8. The van der Waals surface area contributed by atoms with Crippen molar-refractivity contribution in [3.63, 3.8) is 0 Å². The van der Waals surface area contributed by atoms with E-state index in [1.54, 1.807) is 24.3 Å². The molecule has 2 aromatic heterocycles. The number of rotatable bonds is 10. The Balaban J connectivity index is 0.000000194. The Morgan fingerprint density at radius 1 is 0.786 bits per heavy atom. The molecule has 9 nitrogen and oxygen atoms in total. The van der Waals surface area contributed by atoms with Crippen LogP contribution in [0.3, 0.4) is 0 Å². The molecule has 0 unspecified atom stereocenters. The lowest BCUT2D eigenvalue weighted by atomic mass is 9.93. The van der Waals surface area contributed by atoms with E-state index >= 15 is 0 Å². The van der Waals surface area contributed by atoms with Crippen LogP contribution in [-0.4, -0.2) is 44.8 Å². The van der Waals surface area contributed by atoms with E-state index in [1.165, 1.54) is 40.7 Å². The standard InChI is InChI=1S/C18H18O2.C13H12F2N6O/c1-3-5-13-7-9-18(20)16(11-13)14-8-10-17(19)15(12-14)6-4-2;14-10-1-2-11(12(15)3-10)13(22,4-20-8-16-6-18-20)5-21-9-17-7-19-21/h3-4,7-12,19-20H,1-2,5-6H2;1-3,6-9,22H,4-5H2. The van der Waals surface area contributed by atoms with E-state index in [0.29, 0.717) is 6.42 Å². The first-order valence-electron chi connectivity index (χ1n) is 12.9. The van der Waals surface area contributed by atoms with E-state index in [9.17, 15) is 24.1 Å². The lowest BCUT2D eigenvalue weighted by Crippen LogP contribution is -2.37. The number of hydrogen-bond donors (Lipinski definition) is 3. The summed E-state index contributed by atoms with van der Waals surface area (Å²) in [6, 6.07) is 13.9. The summed E-state index contributed by atoms with van der Waals surface area (Å²) < 4.78 is 29.9. The first-order valence-corrected chi connectivity index (χ1v) is 12.9. The van der Waals surface area contributed by atoms with E-state index in [4.69, 9.17) is 0 Å². The fourth-order valence-corrected chi connectivity index (χ4v) is 4.43. The van der Waals surface area contributed by atoms with Gasteiger partial charge in [0.05, 0.1) is 13.1 Å². The van der Waals surface area contributed by atoms with Gasteiger partial charge in [-0.3, -0.25) is 0 Å². The van der Waals surface area contributed by atoms with Gasteiger partial charge in [-0.25, -0.2) is 28.1 Å². The fraction of sp³-hybridized carbons (Fsp3) is 0.161. The summed E-state index contributed by atoms with van der Waals surface area (Å²) in [7, 11) is 0. The molecule has 0 spiro atoms. The van der Waals surface area contributed by atoms with Gasteiger partial charge in [0.2, 0.25) is 0 Å². The van der Waals surface area contributed by atoms with Gasteiger partial charge in [-0.1, -0.05) is 30.4 Å². The third-order valence-electron chi connectivity index (χ3n) is 6.41. The van der Waals surface area contributed by atoms with E-state index < -0.39 is 17.2 Å². The van der Waals surface area contributed by atoms with Crippen molar-refractivity contribution in [3.8, 4) is 22.6 Å². The second-order valence-corrected chi connectivity index (χ2v) is 9.52. The lowest BCUT2D eigenvalue weighted by Gasteiger charge is -2.28. The third kappa shape index (κ3) is 7.32. The molecule has 0 atom stereocenters. The number of phenols is 2. The summed E-state index contributed by atoms with van der Waals surface area (Å²) in [6.45, 7) is 7.26. The van der Waals surface area contributed by atoms with Crippen LogP contribution in [0, 0.1) is 11.6 Å². The molecule has 11 heteroatoms. The number of phenolic OH excluding ortho intramolecular Hbond substituents is 2. The highest BCUT2D eigenvalue weighted by atomic mass is 19.1. The van der Waals surface area contributed by atoms with Crippen LogP contribution in [-0.2, 0) is 31.5 Å². The molecule has 3 aromatic carbocycles. The van der Waals surface area contributed by atoms with Gasteiger partial charge in [0.1, 0.15) is 54.0 Å². The molecule has 3 N–H and O–H groups in total. The molecule has 2 heterocycles. The molecule has 0 aliphatic rings. The van der Waals surface area contributed by atoms with E-state index in [1.807, 2.05) is 24.3 Å². The number of allylic oxidation sites excluding steroid dienone is 2. The Hall–Kier alpha value is -5.16. The lowest BCUT2D eigenvalue weighted by molar-refractivity contribution is -0.00856. The predicted octanol–water partition coefficient (Wildman–Crippen LogP) is 4.96. The zero-order valence-corrected chi connectivity index (χ0v) is 22.7. The third-order valence-corrected chi connectivity index (χ3v) is 6.41. The molecule has 42 heavy (non-hydrogen) atoms. The minimum atomic E-state index is -1.70. The van der Waals surface area contributed by atoms with Crippen molar-refractivity contribution in [2.75, 3.05) is 0 Å². The van der Waals surface area contributed by atoms with Crippen LogP contribution in [0.1, 0.15) is 16.7 Å². The Morgan fingerprint density at radius 3 is 2.00 bits per heavy atom. The summed E-state index contributed by atoms with van der Waals surface area (Å²) in [5.74, 6) is -1.09. The average Bonchev–Trinajstić information content (AvgIpc) is 3.66. The van der Waals surface area contributed by atoms with Crippen LogP contribution >= 0.6 is 0 Å². The summed E-state index contributed by atoms with van der Waals surface area (Å²) in [6.07, 6.45) is 10.3. The fourth-order valence-electron chi connectivity index (χ4n) is 4.43. The average molecular weight is 573 g/mol. The van der Waals surface area contributed by atoms with Crippen LogP contribution in [0.25, 0.3) is 11.1 Å². The van der Waals surface area contributed by atoms with Gasteiger partial charge >= 0.3 is 0 Å². The van der Waals surface area contributed by atoms with Crippen LogP contribution in [0.4, 0.5) is 8.78 Å². The molecule has 0 saturated heterocycles. The molecular formula is C31H30F2N6O3. The highest BCUT2D eigenvalue weighted by Gasteiger charge is 2.34. The zero-order chi connectivity index (χ0) is 30.1. The molecule has 0 amide bonds. The van der Waals surface area contributed by atoms with Crippen molar-refractivity contribution in [1.82, 2.24) is 29.5 Å². The zero-order valence-electron chi connectivity index (χ0n) is 22.7. The number of aromatic nitrogens is 6. The smallest absolute Gasteiger partial charge is 0.137 e. The molecule has 216 valence electrons. The molecule has 0 fully saturated rings. The molecular weight excluding hydrogens is 542 g/mol. The summed E-state index contributed by atoms with van der Waals surface area (Å²) in [4.78, 5) is 7.57. The van der Waals surface area contributed by atoms with Crippen LogP contribution in [0.2, 0.25) is 0 Å². The number of hydrogen-bond acceptors (Lipinski definition) is 7. The van der Waals surface area contributed by atoms with Gasteiger partial charge in [-0.05, 0) is 59.9 Å². The Bertz CT molecular complexity index is 1600. The molecule has 0 aliphatic heterocycles. The van der Waals surface area contributed by atoms with E-state index in [-0.39, 0.29) is 30.2 Å². The molecule has 5 aromatic rings. The van der Waals surface area contributed by atoms with Crippen molar-refractivity contribution in [2.24, 2.45) is 0 Å². The van der Waals surface area contributed by atoms with Crippen molar-refractivity contribution in [3.05, 3.63) is 134 Å². The summed E-state index contributed by atoms with van der Waals surface area (Å²) >= 11 is 0. The quantitative estimate of drug-likeness (QED) is 0.202. The van der Waals surface area contributed by atoms with Crippen molar-refractivity contribution in [2.45, 2.75) is 31.5 Å². The van der Waals surface area contributed by atoms with Crippen molar-refractivity contribution < 1.29 is 24.1 Å².